The lowest BCUT2D eigenvalue weighted by molar-refractivity contribution is 0.0950. The fourth-order valence-electron chi connectivity index (χ4n) is 3.37. The Bertz CT molecular complexity index is 648. The largest absolute Gasteiger partial charge is 0.352 e. The summed E-state index contributed by atoms with van der Waals surface area (Å²) in [4.78, 5) is 12.6. The number of benzene rings is 2. The van der Waals surface area contributed by atoms with Gasteiger partial charge in [0.25, 0.3) is 5.91 Å². The summed E-state index contributed by atoms with van der Waals surface area (Å²) < 4.78 is 0. The molecule has 3 rings (SSSR count). The van der Waals surface area contributed by atoms with Crippen LogP contribution in [0.1, 0.15) is 40.7 Å². The van der Waals surface area contributed by atoms with Gasteiger partial charge in [0.15, 0.2) is 0 Å². The molecule has 126 valence electrons. The lowest BCUT2D eigenvalue weighted by atomic mass is 9.96. The van der Waals surface area contributed by atoms with Crippen LogP contribution in [0.4, 0.5) is 0 Å². The molecule has 1 heterocycles. The van der Waals surface area contributed by atoms with Crippen LogP contribution in [-0.2, 0) is 6.42 Å². The van der Waals surface area contributed by atoms with Crippen molar-refractivity contribution in [2.24, 2.45) is 5.92 Å². The molecule has 1 unspecified atom stereocenters. The summed E-state index contributed by atoms with van der Waals surface area (Å²) in [5.41, 5.74) is 3.11. The summed E-state index contributed by atoms with van der Waals surface area (Å²) in [5.74, 6) is 0.740. The van der Waals surface area contributed by atoms with Crippen LogP contribution in [0.2, 0.25) is 0 Å². The number of piperidine rings is 1. The maximum Gasteiger partial charge on any atom is 0.251 e. The van der Waals surface area contributed by atoms with Crippen LogP contribution in [0.3, 0.4) is 0 Å². The van der Waals surface area contributed by atoms with Crippen molar-refractivity contribution < 1.29 is 4.79 Å². The Labute approximate surface area is 144 Å². The van der Waals surface area contributed by atoms with E-state index in [1.807, 2.05) is 42.5 Å². The molecule has 1 atom stereocenters. The zero-order valence-electron chi connectivity index (χ0n) is 14.1. The van der Waals surface area contributed by atoms with E-state index in [4.69, 9.17) is 0 Å². The number of nitrogens with one attached hydrogen (secondary N) is 2. The van der Waals surface area contributed by atoms with Gasteiger partial charge in [0.2, 0.25) is 0 Å². The van der Waals surface area contributed by atoms with Gasteiger partial charge < -0.3 is 10.6 Å². The normalized spacial score (nSPS) is 17.4. The smallest absolute Gasteiger partial charge is 0.251 e. The highest BCUT2D eigenvalue weighted by molar-refractivity contribution is 5.95. The second kappa shape index (κ2) is 8.65. The number of amides is 1. The van der Waals surface area contributed by atoms with Crippen molar-refractivity contribution in [3.05, 3.63) is 71.3 Å². The lowest BCUT2D eigenvalue weighted by Crippen LogP contribution is -2.33. The highest BCUT2D eigenvalue weighted by atomic mass is 16.1. The highest BCUT2D eigenvalue weighted by Gasteiger charge is 2.14. The molecular weight excluding hydrogens is 296 g/mol. The standard InChI is InChI=1S/C21H26N2O/c24-21(23-14-12-18-9-6-13-22-16-18)20-11-5-4-10-19(20)15-17-7-2-1-3-8-17/h1-5,7-8,10-11,18,22H,6,9,12-16H2,(H,23,24). The predicted molar refractivity (Wildman–Crippen MR) is 98.2 cm³/mol. The molecule has 1 amide bonds. The number of hydrogen-bond acceptors (Lipinski definition) is 2. The molecule has 3 heteroatoms. The van der Waals surface area contributed by atoms with Gasteiger partial charge in [0.05, 0.1) is 0 Å². The fraction of sp³-hybridized carbons (Fsp3) is 0.381. The molecule has 1 fully saturated rings. The van der Waals surface area contributed by atoms with E-state index in [1.54, 1.807) is 0 Å². The molecule has 2 N–H and O–H groups in total. The molecule has 0 bridgehead atoms. The Morgan fingerprint density at radius 1 is 1.08 bits per heavy atom. The van der Waals surface area contributed by atoms with Gasteiger partial charge in [0, 0.05) is 12.1 Å². The van der Waals surface area contributed by atoms with Crippen LogP contribution in [0.5, 0.6) is 0 Å². The van der Waals surface area contributed by atoms with Crippen LogP contribution in [-0.4, -0.2) is 25.5 Å². The van der Waals surface area contributed by atoms with Gasteiger partial charge in [-0.1, -0.05) is 48.5 Å². The van der Waals surface area contributed by atoms with E-state index in [2.05, 4.69) is 22.8 Å². The minimum absolute atomic E-state index is 0.0466. The third-order valence-electron chi connectivity index (χ3n) is 4.74. The monoisotopic (exact) mass is 322 g/mol. The van der Waals surface area contributed by atoms with Gasteiger partial charge in [-0.15, -0.1) is 0 Å². The summed E-state index contributed by atoms with van der Waals surface area (Å²) in [5, 5.41) is 6.53. The van der Waals surface area contributed by atoms with Gasteiger partial charge in [-0.3, -0.25) is 4.79 Å². The van der Waals surface area contributed by atoms with Crippen molar-refractivity contribution in [3.63, 3.8) is 0 Å². The van der Waals surface area contributed by atoms with Gasteiger partial charge in [0.1, 0.15) is 0 Å². The number of hydrogen-bond donors (Lipinski definition) is 2. The average Bonchev–Trinajstić information content (AvgIpc) is 2.64. The van der Waals surface area contributed by atoms with Crippen molar-refractivity contribution in [1.82, 2.24) is 10.6 Å². The SMILES string of the molecule is O=C(NCCC1CCCNC1)c1ccccc1Cc1ccccc1. The average molecular weight is 322 g/mol. The summed E-state index contributed by atoms with van der Waals surface area (Å²) in [7, 11) is 0. The van der Waals surface area contributed by atoms with E-state index in [-0.39, 0.29) is 5.91 Å². The zero-order valence-corrected chi connectivity index (χ0v) is 14.1. The molecule has 1 aliphatic heterocycles. The van der Waals surface area contributed by atoms with Crippen LogP contribution < -0.4 is 10.6 Å². The fourth-order valence-corrected chi connectivity index (χ4v) is 3.37. The third kappa shape index (κ3) is 4.68. The van der Waals surface area contributed by atoms with E-state index in [9.17, 15) is 4.79 Å². The molecule has 0 aliphatic carbocycles. The van der Waals surface area contributed by atoms with E-state index >= 15 is 0 Å². The molecule has 1 saturated heterocycles. The first-order valence-electron chi connectivity index (χ1n) is 8.93. The maximum absolute atomic E-state index is 12.6. The minimum atomic E-state index is 0.0466. The van der Waals surface area contributed by atoms with Crippen molar-refractivity contribution in [3.8, 4) is 0 Å². The number of carbonyl (C=O) groups excluding carboxylic acids is 1. The van der Waals surface area contributed by atoms with Crippen molar-refractivity contribution >= 4 is 5.91 Å². The quantitative estimate of drug-likeness (QED) is 0.856. The van der Waals surface area contributed by atoms with E-state index in [0.29, 0.717) is 5.92 Å². The predicted octanol–water partition coefficient (Wildman–Crippen LogP) is 3.40. The number of rotatable bonds is 6. The van der Waals surface area contributed by atoms with E-state index < -0.39 is 0 Å². The molecular formula is C21H26N2O. The maximum atomic E-state index is 12.6. The van der Waals surface area contributed by atoms with Gasteiger partial charge in [-0.2, -0.15) is 0 Å². The third-order valence-corrected chi connectivity index (χ3v) is 4.74. The summed E-state index contributed by atoms with van der Waals surface area (Å²) in [6.07, 6.45) is 4.36. The van der Waals surface area contributed by atoms with Gasteiger partial charge >= 0.3 is 0 Å². The van der Waals surface area contributed by atoms with Gasteiger partial charge in [-0.25, -0.2) is 0 Å². The van der Waals surface area contributed by atoms with Gasteiger partial charge in [-0.05, 0) is 61.9 Å². The second-order valence-corrected chi connectivity index (χ2v) is 6.58. The first kappa shape index (κ1) is 16.7. The zero-order chi connectivity index (χ0) is 16.6. The number of carbonyl (C=O) groups is 1. The topological polar surface area (TPSA) is 41.1 Å². The van der Waals surface area contributed by atoms with Crippen molar-refractivity contribution in [2.45, 2.75) is 25.7 Å². The Morgan fingerprint density at radius 2 is 1.88 bits per heavy atom. The molecule has 24 heavy (non-hydrogen) atoms. The van der Waals surface area contributed by atoms with E-state index in [1.165, 1.54) is 18.4 Å². The molecule has 2 aromatic carbocycles. The first-order chi connectivity index (χ1) is 11.8. The molecule has 0 radical (unpaired) electrons. The van der Waals surface area contributed by atoms with Crippen LogP contribution in [0, 0.1) is 5.92 Å². The minimum Gasteiger partial charge on any atom is -0.352 e. The van der Waals surface area contributed by atoms with E-state index in [0.717, 1.165) is 43.6 Å². The van der Waals surface area contributed by atoms with Crippen LogP contribution >= 0.6 is 0 Å². The lowest BCUT2D eigenvalue weighted by Gasteiger charge is -2.22. The Balaban J connectivity index is 1.58. The molecule has 1 aliphatic rings. The van der Waals surface area contributed by atoms with Crippen LogP contribution in [0.25, 0.3) is 0 Å². The van der Waals surface area contributed by atoms with Crippen molar-refractivity contribution in [1.29, 1.82) is 0 Å². The second-order valence-electron chi connectivity index (χ2n) is 6.58. The highest BCUT2D eigenvalue weighted by Crippen LogP contribution is 2.16. The Morgan fingerprint density at radius 3 is 2.67 bits per heavy atom. The molecule has 2 aromatic rings. The van der Waals surface area contributed by atoms with Crippen molar-refractivity contribution in [2.75, 3.05) is 19.6 Å². The molecule has 0 saturated carbocycles. The van der Waals surface area contributed by atoms with Crippen LogP contribution in [0.15, 0.2) is 54.6 Å². The summed E-state index contributed by atoms with van der Waals surface area (Å²) in [6.45, 7) is 2.97. The first-order valence-corrected chi connectivity index (χ1v) is 8.93. The molecule has 0 aromatic heterocycles. The molecule has 3 nitrogen and oxygen atoms in total. The molecule has 0 spiro atoms. The summed E-state index contributed by atoms with van der Waals surface area (Å²) in [6, 6.07) is 18.2. The Kier molecular flexibility index (Phi) is 6.02. The summed E-state index contributed by atoms with van der Waals surface area (Å²) >= 11 is 0. The Hall–Kier alpha value is -2.13.